The molecule has 0 aromatic heterocycles. The minimum absolute atomic E-state index is 0.637. The van der Waals surface area contributed by atoms with Gasteiger partial charge in [0.05, 0.1) is 13.2 Å². The highest BCUT2D eigenvalue weighted by Gasteiger charge is 2.19. The Balaban J connectivity index is 1.82. The number of carboxylic acid groups (broad SMARTS) is 1. The highest BCUT2D eigenvalue weighted by molar-refractivity contribution is 5.75. The molecule has 0 spiro atoms. The van der Waals surface area contributed by atoms with Gasteiger partial charge in [-0.25, -0.2) is 0 Å². The number of hydrogen-bond donors (Lipinski definition) is 2. The first-order valence-corrected chi connectivity index (χ1v) is 6.58. The molecule has 1 aromatic carbocycles. The fourth-order valence-electron chi connectivity index (χ4n) is 2.18. The van der Waals surface area contributed by atoms with E-state index in [1.54, 1.807) is 0 Å². The second-order valence-corrected chi connectivity index (χ2v) is 4.59. The number of carbonyl (C=O) groups is 1. The molecule has 19 heavy (non-hydrogen) atoms. The van der Waals surface area contributed by atoms with E-state index in [4.69, 9.17) is 4.74 Å². The molecule has 1 heterocycles. The Morgan fingerprint density at radius 2 is 2.00 bits per heavy atom. The van der Waals surface area contributed by atoms with Gasteiger partial charge in [0.15, 0.2) is 0 Å². The number of benzene rings is 1. The standard InChI is InChI=1S/C14H20N2O3/c17-14(18)13(12-4-2-1-3-5-12)15-6-7-16-8-10-19-11-9-16/h1-5,13,15H,6-11H2,(H,17,18). The summed E-state index contributed by atoms with van der Waals surface area (Å²) in [6.07, 6.45) is 0. The second kappa shape index (κ2) is 7.23. The average molecular weight is 264 g/mol. The van der Waals surface area contributed by atoms with Gasteiger partial charge >= 0.3 is 5.97 Å². The zero-order valence-corrected chi connectivity index (χ0v) is 10.9. The van der Waals surface area contributed by atoms with Crippen LogP contribution in [0.5, 0.6) is 0 Å². The predicted octanol–water partition coefficient (Wildman–Crippen LogP) is 0.734. The van der Waals surface area contributed by atoms with Crippen LogP contribution < -0.4 is 5.32 Å². The van der Waals surface area contributed by atoms with Crippen LogP contribution in [-0.2, 0) is 9.53 Å². The van der Waals surface area contributed by atoms with Gasteiger partial charge in [-0.1, -0.05) is 30.3 Å². The van der Waals surface area contributed by atoms with E-state index >= 15 is 0 Å². The molecule has 5 nitrogen and oxygen atoms in total. The summed E-state index contributed by atoms with van der Waals surface area (Å²) in [4.78, 5) is 13.6. The van der Waals surface area contributed by atoms with Crippen molar-refractivity contribution in [3.63, 3.8) is 0 Å². The second-order valence-electron chi connectivity index (χ2n) is 4.59. The Kier molecular flexibility index (Phi) is 5.32. The van der Waals surface area contributed by atoms with Crippen molar-refractivity contribution in [2.45, 2.75) is 6.04 Å². The van der Waals surface area contributed by atoms with Crippen LogP contribution in [-0.4, -0.2) is 55.4 Å². The lowest BCUT2D eigenvalue weighted by Gasteiger charge is -2.27. The molecule has 2 rings (SSSR count). The molecule has 2 N–H and O–H groups in total. The van der Waals surface area contributed by atoms with Crippen LogP contribution in [0.2, 0.25) is 0 Å². The lowest BCUT2D eigenvalue weighted by Crippen LogP contribution is -2.41. The summed E-state index contributed by atoms with van der Waals surface area (Å²) in [6, 6.07) is 8.63. The summed E-state index contributed by atoms with van der Waals surface area (Å²) in [5.74, 6) is -0.840. The van der Waals surface area contributed by atoms with E-state index in [-0.39, 0.29) is 0 Å². The Bertz CT molecular complexity index is 391. The Morgan fingerprint density at radius 3 is 2.63 bits per heavy atom. The van der Waals surface area contributed by atoms with Crippen molar-refractivity contribution in [2.24, 2.45) is 0 Å². The first kappa shape index (κ1) is 14.0. The summed E-state index contributed by atoms with van der Waals surface area (Å²) in [5.41, 5.74) is 0.789. The van der Waals surface area contributed by atoms with E-state index in [0.717, 1.165) is 38.4 Å². The van der Waals surface area contributed by atoms with Crippen molar-refractivity contribution in [2.75, 3.05) is 39.4 Å². The van der Waals surface area contributed by atoms with Gasteiger partial charge in [-0.3, -0.25) is 15.0 Å². The number of hydrogen-bond acceptors (Lipinski definition) is 4. The van der Waals surface area contributed by atoms with Crippen molar-refractivity contribution >= 4 is 5.97 Å². The SMILES string of the molecule is O=C(O)C(NCCN1CCOCC1)c1ccccc1. The van der Waals surface area contributed by atoms with E-state index in [2.05, 4.69) is 10.2 Å². The molecule has 1 fully saturated rings. The van der Waals surface area contributed by atoms with Crippen LogP contribution in [0.15, 0.2) is 30.3 Å². The molecule has 1 aliphatic heterocycles. The summed E-state index contributed by atoms with van der Waals surface area (Å²) in [7, 11) is 0. The van der Waals surface area contributed by atoms with Gasteiger partial charge in [0.2, 0.25) is 0 Å². The van der Waals surface area contributed by atoms with Gasteiger partial charge in [0, 0.05) is 26.2 Å². The molecule has 1 saturated heterocycles. The minimum Gasteiger partial charge on any atom is -0.480 e. The predicted molar refractivity (Wildman–Crippen MR) is 72.1 cm³/mol. The molecule has 0 amide bonds. The molecule has 0 radical (unpaired) electrons. The maximum Gasteiger partial charge on any atom is 0.325 e. The minimum atomic E-state index is -0.840. The number of aliphatic carboxylic acids is 1. The number of nitrogens with zero attached hydrogens (tertiary/aromatic N) is 1. The van der Waals surface area contributed by atoms with E-state index in [9.17, 15) is 9.90 Å². The van der Waals surface area contributed by atoms with Gasteiger partial charge in [0.25, 0.3) is 0 Å². The maximum absolute atomic E-state index is 11.3. The van der Waals surface area contributed by atoms with Crippen LogP contribution in [0.3, 0.4) is 0 Å². The highest BCUT2D eigenvalue weighted by Crippen LogP contribution is 2.12. The van der Waals surface area contributed by atoms with Gasteiger partial charge in [0.1, 0.15) is 6.04 Å². The largest absolute Gasteiger partial charge is 0.480 e. The van der Waals surface area contributed by atoms with Gasteiger partial charge in [-0.05, 0) is 5.56 Å². The molecule has 104 valence electrons. The van der Waals surface area contributed by atoms with E-state index in [1.165, 1.54) is 0 Å². The third-order valence-electron chi connectivity index (χ3n) is 3.26. The zero-order chi connectivity index (χ0) is 13.5. The van der Waals surface area contributed by atoms with Crippen molar-refractivity contribution < 1.29 is 14.6 Å². The molecular formula is C14H20N2O3. The van der Waals surface area contributed by atoms with Crippen LogP contribution in [0.1, 0.15) is 11.6 Å². The quantitative estimate of drug-likeness (QED) is 0.793. The van der Waals surface area contributed by atoms with E-state index in [1.807, 2.05) is 30.3 Å². The number of morpholine rings is 1. The Hall–Kier alpha value is -1.43. The fraction of sp³-hybridized carbons (Fsp3) is 0.500. The maximum atomic E-state index is 11.3. The average Bonchev–Trinajstić information content (AvgIpc) is 2.45. The summed E-state index contributed by atoms with van der Waals surface area (Å²) >= 11 is 0. The van der Waals surface area contributed by atoms with Gasteiger partial charge in [-0.15, -0.1) is 0 Å². The van der Waals surface area contributed by atoms with Crippen LogP contribution >= 0.6 is 0 Å². The van der Waals surface area contributed by atoms with E-state index in [0.29, 0.717) is 6.54 Å². The molecule has 5 heteroatoms. The molecule has 1 unspecified atom stereocenters. The topological polar surface area (TPSA) is 61.8 Å². The Morgan fingerprint density at radius 1 is 1.32 bits per heavy atom. The molecule has 0 aliphatic carbocycles. The third-order valence-corrected chi connectivity index (χ3v) is 3.26. The summed E-state index contributed by atoms with van der Waals surface area (Å²) in [5, 5.41) is 12.4. The van der Waals surface area contributed by atoms with Crippen LogP contribution in [0, 0.1) is 0 Å². The number of ether oxygens (including phenoxy) is 1. The van der Waals surface area contributed by atoms with Crippen molar-refractivity contribution in [3.05, 3.63) is 35.9 Å². The van der Waals surface area contributed by atoms with Crippen LogP contribution in [0.25, 0.3) is 0 Å². The number of carboxylic acids is 1. The zero-order valence-electron chi connectivity index (χ0n) is 10.9. The van der Waals surface area contributed by atoms with E-state index < -0.39 is 12.0 Å². The number of rotatable bonds is 6. The third kappa shape index (κ3) is 4.31. The first-order chi connectivity index (χ1) is 9.27. The monoisotopic (exact) mass is 264 g/mol. The van der Waals surface area contributed by atoms with Gasteiger partial charge in [-0.2, -0.15) is 0 Å². The molecule has 1 atom stereocenters. The summed E-state index contributed by atoms with van der Waals surface area (Å²) < 4.78 is 5.28. The highest BCUT2D eigenvalue weighted by atomic mass is 16.5. The van der Waals surface area contributed by atoms with Crippen molar-refractivity contribution in [1.82, 2.24) is 10.2 Å². The number of nitrogens with one attached hydrogen (secondary N) is 1. The summed E-state index contributed by atoms with van der Waals surface area (Å²) in [6.45, 7) is 4.88. The molecule has 1 aliphatic rings. The lowest BCUT2D eigenvalue weighted by molar-refractivity contribution is -0.139. The molecular weight excluding hydrogens is 244 g/mol. The molecule has 0 saturated carbocycles. The van der Waals surface area contributed by atoms with Crippen LogP contribution in [0.4, 0.5) is 0 Å². The fourth-order valence-corrected chi connectivity index (χ4v) is 2.18. The molecule has 1 aromatic rings. The van der Waals surface area contributed by atoms with Crippen molar-refractivity contribution in [3.8, 4) is 0 Å². The molecule has 0 bridgehead atoms. The smallest absolute Gasteiger partial charge is 0.325 e. The normalized spacial score (nSPS) is 18.1. The first-order valence-electron chi connectivity index (χ1n) is 6.58. The Labute approximate surface area is 113 Å². The lowest BCUT2D eigenvalue weighted by atomic mass is 10.1. The van der Waals surface area contributed by atoms with Crippen molar-refractivity contribution in [1.29, 1.82) is 0 Å². The van der Waals surface area contributed by atoms with Gasteiger partial charge < -0.3 is 9.84 Å².